The smallest absolute Gasteiger partial charge is 0.416 e. The van der Waals surface area contributed by atoms with Gasteiger partial charge in [-0.1, -0.05) is 30.8 Å². The largest absolute Gasteiger partial charge is 0.459 e. The van der Waals surface area contributed by atoms with Crippen LogP contribution in [-0.2, 0) is 24.6 Å². The highest BCUT2D eigenvalue weighted by Crippen LogP contribution is 2.43. The Kier molecular flexibility index (Phi) is 6.83. The van der Waals surface area contributed by atoms with Crippen LogP contribution in [0.1, 0.15) is 28.7 Å². The number of aromatic nitrogens is 4. The number of fused-ring (bicyclic) bond motifs is 1. The van der Waals surface area contributed by atoms with E-state index < -0.39 is 11.7 Å². The highest BCUT2D eigenvalue weighted by Gasteiger charge is 2.49. The van der Waals surface area contributed by atoms with Crippen molar-refractivity contribution in [2.45, 2.75) is 26.1 Å². The molecule has 0 bridgehead atoms. The molecule has 6 rings (SSSR count). The first kappa shape index (κ1) is 28.2. The number of halogens is 3. The second kappa shape index (κ2) is 10.4. The van der Waals surface area contributed by atoms with Gasteiger partial charge in [-0.2, -0.15) is 33.5 Å². The van der Waals surface area contributed by atoms with Crippen LogP contribution in [0.5, 0.6) is 6.01 Å². The molecule has 220 valence electrons. The molecule has 0 N–H and O–H groups in total. The molecule has 9 nitrogen and oxygen atoms in total. The van der Waals surface area contributed by atoms with E-state index in [1.165, 1.54) is 18.2 Å². The number of hydrogen-bond acceptors (Lipinski definition) is 7. The molecule has 2 aliphatic heterocycles. The lowest BCUT2D eigenvalue weighted by Gasteiger charge is -2.47. The van der Waals surface area contributed by atoms with E-state index in [1.807, 2.05) is 31.0 Å². The Morgan fingerprint density at radius 2 is 1.91 bits per heavy atom. The summed E-state index contributed by atoms with van der Waals surface area (Å²) in [5.41, 5.74) is 2.71. The fraction of sp³-hybridized carbons (Fsp3) is 0.323. The molecular formula is C31H28F3N7O2. The molecule has 1 amide bonds. The molecule has 2 aromatic carbocycles. The van der Waals surface area contributed by atoms with Crippen molar-refractivity contribution in [3.05, 3.63) is 77.5 Å². The lowest BCUT2D eigenvalue weighted by molar-refractivity contribution is -0.138. The van der Waals surface area contributed by atoms with E-state index in [2.05, 4.69) is 22.7 Å². The van der Waals surface area contributed by atoms with E-state index in [0.29, 0.717) is 43.3 Å². The van der Waals surface area contributed by atoms with Crippen LogP contribution in [0.4, 0.5) is 19.0 Å². The average Bonchev–Trinajstić information content (AvgIpc) is 3.59. The van der Waals surface area contributed by atoms with Gasteiger partial charge in [0.1, 0.15) is 18.2 Å². The Morgan fingerprint density at radius 1 is 1.16 bits per heavy atom. The van der Waals surface area contributed by atoms with Crippen LogP contribution in [-0.4, -0.2) is 56.7 Å². The van der Waals surface area contributed by atoms with Gasteiger partial charge >= 0.3 is 12.2 Å². The summed E-state index contributed by atoms with van der Waals surface area (Å²) < 4.78 is 46.8. The van der Waals surface area contributed by atoms with Crippen LogP contribution >= 0.6 is 0 Å². The number of benzene rings is 2. The van der Waals surface area contributed by atoms with Gasteiger partial charge in [0, 0.05) is 49.6 Å². The van der Waals surface area contributed by atoms with Crippen molar-refractivity contribution in [3.63, 3.8) is 0 Å². The summed E-state index contributed by atoms with van der Waals surface area (Å²) in [6, 6.07) is 10.9. The van der Waals surface area contributed by atoms with E-state index in [0.717, 1.165) is 40.6 Å². The number of likely N-dealkylation sites (tertiary alicyclic amines) is 1. The first-order valence-electron chi connectivity index (χ1n) is 13.7. The first-order chi connectivity index (χ1) is 20.5. The summed E-state index contributed by atoms with van der Waals surface area (Å²) in [5.74, 6) is 0.309. The summed E-state index contributed by atoms with van der Waals surface area (Å²) in [6.45, 7) is 7.83. The van der Waals surface area contributed by atoms with Gasteiger partial charge in [-0.3, -0.25) is 9.48 Å². The second-order valence-corrected chi connectivity index (χ2v) is 11.2. The van der Waals surface area contributed by atoms with Crippen molar-refractivity contribution in [1.82, 2.24) is 24.6 Å². The van der Waals surface area contributed by atoms with E-state index in [4.69, 9.17) is 9.72 Å². The number of ether oxygens (including phenoxy) is 1. The van der Waals surface area contributed by atoms with Crippen LogP contribution in [0.2, 0.25) is 0 Å². The number of nitrogens with zero attached hydrogens (tertiary/aromatic N) is 7. The lowest BCUT2D eigenvalue weighted by atomic mass is 9.79. The number of carbonyl (C=O) groups excluding carboxylic acids is 1. The topological polar surface area (TPSA) is 100 Å². The van der Waals surface area contributed by atoms with Gasteiger partial charge in [0.2, 0.25) is 5.91 Å². The number of anilines is 1. The number of alkyl halides is 3. The zero-order chi connectivity index (χ0) is 30.5. The van der Waals surface area contributed by atoms with Gasteiger partial charge in [0.15, 0.2) is 5.82 Å². The maximum absolute atomic E-state index is 13.0. The Bertz CT molecular complexity index is 1780. The van der Waals surface area contributed by atoms with Crippen LogP contribution in [0, 0.1) is 23.7 Å². The monoisotopic (exact) mass is 587 g/mol. The number of amides is 1. The number of hydrogen-bond donors (Lipinski definition) is 0. The van der Waals surface area contributed by atoms with Gasteiger partial charge < -0.3 is 14.5 Å². The molecule has 2 fully saturated rings. The van der Waals surface area contributed by atoms with Crippen LogP contribution < -0.4 is 9.64 Å². The molecule has 12 heteroatoms. The molecule has 4 heterocycles. The zero-order valence-electron chi connectivity index (χ0n) is 23.6. The third-order valence-corrected chi connectivity index (χ3v) is 8.26. The summed E-state index contributed by atoms with van der Waals surface area (Å²) in [4.78, 5) is 25.2. The fourth-order valence-electron chi connectivity index (χ4n) is 6.03. The molecule has 0 radical (unpaired) electrons. The number of carbonyl (C=O) groups is 1. The minimum atomic E-state index is -4.44. The van der Waals surface area contributed by atoms with Crippen molar-refractivity contribution in [1.29, 1.82) is 5.26 Å². The molecule has 43 heavy (non-hydrogen) atoms. The maximum Gasteiger partial charge on any atom is 0.416 e. The second-order valence-electron chi connectivity index (χ2n) is 11.2. The van der Waals surface area contributed by atoms with Gasteiger partial charge in [0.25, 0.3) is 0 Å². The molecule has 2 aromatic heterocycles. The molecule has 0 unspecified atom stereocenters. The normalized spacial score (nSPS) is 15.9. The fourth-order valence-corrected chi connectivity index (χ4v) is 6.03. The van der Waals surface area contributed by atoms with E-state index in [1.54, 1.807) is 15.8 Å². The van der Waals surface area contributed by atoms with E-state index in [-0.39, 0.29) is 29.5 Å². The molecule has 0 aliphatic carbocycles. The van der Waals surface area contributed by atoms with Gasteiger partial charge in [0.05, 0.1) is 23.0 Å². The third-order valence-electron chi connectivity index (χ3n) is 8.26. The number of rotatable bonds is 6. The average molecular weight is 588 g/mol. The van der Waals surface area contributed by atoms with Gasteiger partial charge in [-0.25, -0.2) is 0 Å². The molecular weight excluding hydrogens is 559 g/mol. The SMILES string of the molecule is C=CC(=O)N1CC2(CCN(c3nc(OCc4ccc(C(F)(F)F)cc4)nc(-c4c(C)ccc5cnn(C)c45)c3C#N)C2)C1. The summed E-state index contributed by atoms with van der Waals surface area (Å²) in [7, 11) is 1.82. The van der Waals surface area contributed by atoms with Crippen LogP contribution in [0.15, 0.2) is 55.3 Å². The van der Waals surface area contributed by atoms with E-state index in [9.17, 15) is 23.2 Å². The number of aryl methyl sites for hydroxylation is 2. The highest BCUT2D eigenvalue weighted by molar-refractivity contribution is 5.97. The number of nitriles is 1. The standard InChI is InChI=1S/C31H28F3N7O2/c1-4-24(42)41-17-30(18-41)11-12-40(16-30)28-23(13-35)26(25-19(2)5-8-21-14-36-39(3)27(21)25)37-29(38-28)43-15-20-6-9-22(10-7-20)31(32,33)34/h4-10,14H,1,11-12,15-18H2,2-3H3. The Balaban J connectivity index is 1.40. The predicted octanol–water partition coefficient (Wildman–Crippen LogP) is 5.03. The van der Waals surface area contributed by atoms with Crippen molar-refractivity contribution in [2.24, 2.45) is 12.5 Å². The highest BCUT2D eigenvalue weighted by atomic mass is 19.4. The Morgan fingerprint density at radius 3 is 2.58 bits per heavy atom. The van der Waals surface area contributed by atoms with Crippen molar-refractivity contribution in [2.75, 3.05) is 31.1 Å². The van der Waals surface area contributed by atoms with Crippen molar-refractivity contribution in [3.8, 4) is 23.3 Å². The van der Waals surface area contributed by atoms with Gasteiger partial charge in [-0.15, -0.1) is 0 Å². The molecule has 0 saturated carbocycles. The predicted molar refractivity (Wildman–Crippen MR) is 153 cm³/mol. The minimum absolute atomic E-state index is 0.000454. The molecule has 1 spiro atoms. The summed E-state index contributed by atoms with van der Waals surface area (Å²) >= 11 is 0. The molecule has 0 atom stereocenters. The molecule has 4 aromatic rings. The Labute approximate surface area is 245 Å². The quantitative estimate of drug-likeness (QED) is 0.292. The van der Waals surface area contributed by atoms with Gasteiger partial charge in [-0.05, 0) is 42.7 Å². The molecule has 2 saturated heterocycles. The lowest BCUT2D eigenvalue weighted by Crippen LogP contribution is -2.59. The van der Waals surface area contributed by atoms with Crippen molar-refractivity contribution >= 4 is 22.6 Å². The summed E-state index contributed by atoms with van der Waals surface area (Å²) in [6.07, 6.45) is -0.568. The summed E-state index contributed by atoms with van der Waals surface area (Å²) in [5, 5.41) is 15.7. The Hall–Kier alpha value is -4.92. The minimum Gasteiger partial charge on any atom is -0.459 e. The zero-order valence-corrected chi connectivity index (χ0v) is 23.6. The van der Waals surface area contributed by atoms with Crippen molar-refractivity contribution < 1.29 is 22.7 Å². The molecule has 2 aliphatic rings. The van der Waals surface area contributed by atoms with Crippen LogP contribution in [0.3, 0.4) is 0 Å². The van der Waals surface area contributed by atoms with Crippen LogP contribution in [0.25, 0.3) is 22.2 Å². The first-order valence-corrected chi connectivity index (χ1v) is 13.7. The maximum atomic E-state index is 13.0. The van der Waals surface area contributed by atoms with E-state index >= 15 is 0 Å². The third kappa shape index (κ3) is 5.05.